The van der Waals surface area contributed by atoms with Crippen LogP contribution in [-0.2, 0) is 15.1 Å². The summed E-state index contributed by atoms with van der Waals surface area (Å²) in [5, 5.41) is 0. The lowest BCUT2D eigenvalue weighted by molar-refractivity contribution is -0.162. The predicted octanol–water partition coefficient (Wildman–Crippen LogP) is 3.66. The lowest BCUT2D eigenvalue weighted by Gasteiger charge is -2.27. The minimum atomic E-state index is -0.527. The summed E-state index contributed by atoms with van der Waals surface area (Å²) in [5.74, 6) is 0.0920. The van der Waals surface area contributed by atoms with Crippen molar-refractivity contribution in [2.75, 3.05) is 0 Å². The van der Waals surface area contributed by atoms with Crippen LogP contribution in [0.25, 0.3) is 0 Å². The van der Waals surface area contributed by atoms with E-state index in [-0.39, 0.29) is 11.9 Å². The highest BCUT2D eigenvalue weighted by molar-refractivity contribution is 5.73. The summed E-state index contributed by atoms with van der Waals surface area (Å²) in [6, 6.07) is 9.92. The standard InChI is InChI=1S/C15H20O2/c1-15(2,13-10-4-3-5-11-13)17-14(16)12-8-6-7-9-12/h3-5,10-12H,6-9H2,1-2H3. The zero-order chi connectivity index (χ0) is 12.3. The molecular formula is C15H20O2. The first kappa shape index (κ1) is 12.2. The van der Waals surface area contributed by atoms with E-state index in [2.05, 4.69) is 0 Å². The van der Waals surface area contributed by atoms with Gasteiger partial charge in [0.05, 0.1) is 5.92 Å². The summed E-state index contributed by atoms with van der Waals surface area (Å²) in [6.07, 6.45) is 4.30. The van der Waals surface area contributed by atoms with E-state index in [0.717, 1.165) is 31.2 Å². The quantitative estimate of drug-likeness (QED) is 0.743. The number of carbonyl (C=O) groups is 1. The van der Waals surface area contributed by atoms with E-state index in [0.29, 0.717) is 0 Å². The molecule has 1 fully saturated rings. The lowest BCUT2D eigenvalue weighted by atomic mass is 9.97. The van der Waals surface area contributed by atoms with Crippen molar-refractivity contribution in [3.8, 4) is 0 Å². The van der Waals surface area contributed by atoms with E-state index < -0.39 is 5.60 Å². The fraction of sp³-hybridized carbons (Fsp3) is 0.533. The molecule has 0 unspecified atom stereocenters. The number of ether oxygens (including phenoxy) is 1. The van der Waals surface area contributed by atoms with Crippen molar-refractivity contribution in [2.45, 2.75) is 45.1 Å². The predicted molar refractivity (Wildman–Crippen MR) is 67.5 cm³/mol. The van der Waals surface area contributed by atoms with E-state index in [1.807, 2.05) is 44.2 Å². The van der Waals surface area contributed by atoms with Gasteiger partial charge in [0.1, 0.15) is 5.60 Å². The van der Waals surface area contributed by atoms with Gasteiger partial charge in [0.2, 0.25) is 0 Å². The van der Waals surface area contributed by atoms with Crippen molar-refractivity contribution in [3.05, 3.63) is 35.9 Å². The third kappa shape index (κ3) is 2.87. The minimum absolute atomic E-state index is 0.0312. The molecule has 0 bridgehead atoms. The van der Waals surface area contributed by atoms with Crippen LogP contribution in [-0.4, -0.2) is 5.97 Å². The molecule has 0 aromatic heterocycles. The van der Waals surface area contributed by atoms with Gasteiger partial charge in [-0.05, 0) is 32.3 Å². The van der Waals surface area contributed by atoms with E-state index in [9.17, 15) is 4.79 Å². The van der Waals surface area contributed by atoms with Crippen molar-refractivity contribution >= 4 is 5.97 Å². The highest BCUT2D eigenvalue weighted by Gasteiger charge is 2.31. The molecule has 1 aliphatic rings. The first-order chi connectivity index (χ1) is 8.09. The van der Waals surface area contributed by atoms with Crippen LogP contribution in [0.15, 0.2) is 30.3 Å². The highest BCUT2D eigenvalue weighted by atomic mass is 16.6. The average Bonchev–Trinajstić information content (AvgIpc) is 2.83. The van der Waals surface area contributed by atoms with E-state index in [4.69, 9.17) is 4.74 Å². The molecule has 0 amide bonds. The van der Waals surface area contributed by atoms with Gasteiger partial charge in [-0.2, -0.15) is 0 Å². The Balaban J connectivity index is 2.04. The van der Waals surface area contributed by atoms with Gasteiger partial charge in [0, 0.05) is 0 Å². The summed E-state index contributed by atoms with van der Waals surface area (Å²) in [7, 11) is 0. The Morgan fingerprint density at radius 3 is 2.35 bits per heavy atom. The van der Waals surface area contributed by atoms with Gasteiger partial charge in [0.25, 0.3) is 0 Å². The van der Waals surface area contributed by atoms with Crippen LogP contribution in [0.4, 0.5) is 0 Å². The van der Waals surface area contributed by atoms with Gasteiger partial charge in [-0.15, -0.1) is 0 Å². The molecule has 0 spiro atoms. The van der Waals surface area contributed by atoms with Gasteiger partial charge in [-0.25, -0.2) is 0 Å². The summed E-state index contributed by atoms with van der Waals surface area (Å²) >= 11 is 0. The highest BCUT2D eigenvalue weighted by Crippen LogP contribution is 2.30. The molecule has 0 radical (unpaired) electrons. The van der Waals surface area contributed by atoms with Crippen LogP contribution in [0.5, 0.6) is 0 Å². The molecule has 0 N–H and O–H groups in total. The largest absolute Gasteiger partial charge is 0.455 e. The fourth-order valence-corrected chi connectivity index (χ4v) is 2.39. The molecule has 2 rings (SSSR count). The van der Waals surface area contributed by atoms with Gasteiger partial charge >= 0.3 is 5.97 Å². The Labute approximate surface area is 103 Å². The monoisotopic (exact) mass is 232 g/mol. The molecule has 2 nitrogen and oxygen atoms in total. The fourth-order valence-electron chi connectivity index (χ4n) is 2.39. The van der Waals surface area contributed by atoms with Crippen molar-refractivity contribution < 1.29 is 9.53 Å². The summed E-state index contributed by atoms with van der Waals surface area (Å²) in [4.78, 5) is 12.0. The van der Waals surface area contributed by atoms with E-state index in [1.165, 1.54) is 0 Å². The van der Waals surface area contributed by atoms with Crippen molar-refractivity contribution in [3.63, 3.8) is 0 Å². The van der Waals surface area contributed by atoms with Gasteiger partial charge in [-0.1, -0.05) is 43.2 Å². The molecule has 0 aliphatic heterocycles. The number of rotatable bonds is 3. The second-order valence-corrected chi connectivity index (χ2v) is 5.28. The minimum Gasteiger partial charge on any atom is -0.455 e. The molecular weight excluding hydrogens is 212 g/mol. The average molecular weight is 232 g/mol. The Hall–Kier alpha value is -1.31. The third-order valence-electron chi connectivity index (χ3n) is 3.51. The third-order valence-corrected chi connectivity index (χ3v) is 3.51. The van der Waals surface area contributed by atoms with Crippen LogP contribution < -0.4 is 0 Å². The van der Waals surface area contributed by atoms with Crippen LogP contribution >= 0.6 is 0 Å². The normalized spacial score (nSPS) is 17.1. The smallest absolute Gasteiger partial charge is 0.309 e. The van der Waals surface area contributed by atoms with Crippen LogP contribution in [0.2, 0.25) is 0 Å². The van der Waals surface area contributed by atoms with Gasteiger partial charge in [0.15, 0.2) is 0 Å². The molecule has 0 saturated heterocycles. The Morgan fingerprint density at radius 2 is 1.76 bits per heavy atom. The number of esters is 1. The number of hydrogen-bond donors (Lipinski definition) is 0. The molecule has 0 atom stereocenters. The second-order valence-electron chi connectivity index (χ2n) is 5.28. The number of hydrogen-bond acceptors (Lipinski definition) is 2. The molecule has 1 aromatic rings. The summed E-state index contributed by atoms with van der Waals surface area (Å²) in [6.45, 7) is 3.91. The maximum atomic E-state index is 12.0. The van der Waals surface area contributed by atoms with E-state index in [1.54, 1.807) is 0 Å². The summed E-state index contributed by atoms with van der Waals surface area (Å²) < 4.78 is 5.67. The first-order valence-corrected chi connectivity index (χ1v) is 6.38. The SMILES string of the molecule is CC(C)(OC(=O)C1CCCC1)c1ccccc1. The van der Waals surface area contributed by atoms with Crippen molar-refractivity contribution in [1.29, 1.82) is 0 Å². The molecule has 1 aromatic carbocycles. The maximum absolute atomic E-state index is 12.0. The number of carbonyl (C=O) groups excluding carboxylic acids is 1. The lowest BCUT2D eigenvalue weighted by Crippen LogP contribution is -2.28. The van der Waals surface area contributed by atoms with Crippen molar-refractivity contribution in [2.24, 2.45) is 5.92 Å². The van der Waals surface area contributed by atoms with Crippen LogP contribution in [0, 0.1) is 5.92 Å². The van der Waals surface area contributed by atoms with Gasteiger partial charge in [-0.3, -0.25) is 4.79 Å². The molecule has 92 valence electrons. The molecule has 17 heavy (non-hydrogen) atoms. The molecule has 1 saturated carbocycles. The van der Waals surface area contributed by atoms with Crippen LogP contribution in [0.3, 0.4) is 0 Å². The van der Waals surface area contributed by atoms with Crippen molar-refractivity contribution in [1.82, 2.24) is 0 Å². The topological polar surface area (TPSA) is 26.3 Å². The Bertz CT molecular complexity index is 375. The molecule has 2 heteroatoms. The van der Waals surface area contributed by atoms with Crippen LogP contribution in [0.1, 0.15) is 45.1 Å². The zero-order valence-corrected chi connectivity index (χ0v) is 10.6. The van der Waals surface area contributed by atoms with E-state index >= 15 is 0 Å². The summed E-state index contributed by atoms with van der Waals surface area (Å²) in [5.41, 5.74) is 0.521. The second kappa shape index (κ2) is 4.91. The number of benzene rings is 1. The molecule has 1 aliphatic carbocycles. The Kier molecular flexibility index (Phi) is 3.51. The Morgan fingerprint density at radius 1 is 1.18 bits per heavy atom. The zero-order valence-electron chi connectivity index (χ0n) is 10.6. The first-order valence-electron chi connectivity index (χ1n) is 6.38. The molecule has 0 heterocycles. The van der Waals surface area contributed by atoms with Gasteiger partial charge < -0.3 is 4.74 Å². The maximum Gasteiger partial charge on any atom is 0.309 e.